The Morgan fingerprint density at radius 3 is 2.74 bits per heavy atom. The first kappa shape index (κ1) is 14.2. The van der Waals surface area contributed by atoms with Crippen molar-refractivity contribution in [1.82, 2.24) is 4.90 Å². The van der Waals surface area contributed by atoms with Gasteiger partial charge in [0.15, 0.2) is 12.4 Å². The molecule has 1 spiro atoms. The van der Waals surface area contributed by atoms with Crippen LogP contribution in [0.25, 0.3) is 0 Å². The molecule has 1 fully saturated rings. The highest BCUT2D eigenvalue weighted by molar-refractivity contribution is 5.93. The number of rotatable bonds is 1. The van der Waals surface area contributed by atoms with E-state index in [0.717, 1.165) is 12.8 Å². The van der Waals surface area contributed by atoms with E-state index in [4.69, 9.17) is 4.74 Å². The molecule has 2 aromatic rings. The van der Waals surface area contributed by atoms with E-state index < -0.39 is 0 Å². The lowest BCUT2D eigenvalue weighted by molar-refractivity contribution is -0.605. The fraction of sp³-hybridized carbons (Fsp3) is 0.333. The number of likely N-dealkylation sites (tertiary alicyclic amines) is 1. The Labute approximate surface area is 134 Å². The van der Waals surface area contributed by atoms with Crippen LogP contribution in [-0.2, 0) is 16.9 Å². The van der Waals surface area contributed by atoms with Crippen LogP contribution in [0, 0.1) is 5.21 Å². The molecular weight excluding hydrogens is 292 g/mol. The summed E-state index contributed by atoms with van der Waals surface area (Å²) < 4.78 is 6.77. The number of carbonyl (C=O) groups is 1. The molecule has 2 aliphatic heterocycles. The smallest absolute Gasteiger partial charge is 0.259 e. The summed E-state index contributed by atoms with van der Waals surface area (Å²) in [5.74, 6) is -0.0867. The lowest BCUT2D eigenvalue weighted by Gasteiger charge is -2.39. The fourth-order valence-electron chi connectivity index (χ4n) is 3.63. The molecule has 0 radical (unpaired) electrons. The molecule has 0 aliphatic carbocycles. The van der Waals surface area contributed by atoms with Crippen molar-refractivity contribution in [3.8, 4) is 0 Å². The van der Waals surface area contributed by atoms with Gasteiger partial charge in [0.1, 0.15) is 5.56 Å². The van der Waals surface area contributed by atoms with Gasteiger partial charge in [-0.05, 0) is 30.0 Å². The summed E-state index contributed by atoms with van der Waals surface area (Å²) in [6.07, 6.45) is 4.29. The summed E-state index contributed by atoms with van der Waals surface area (Å²) >= 11 is 0. The molecule has 1 saturated heterocycles. The van der Waals surface area contributed by atoms with E-state index in [1.54, 1.807) is 12.1 Å². The van der Waals surface area contributed by atoms with Gasteiger partial charge in [-0.3, -0.25) is 4.79 Å². The number of fused-ring (bicyclic) bond motifs is 2. The van der Waals surface area contributed by atoms with E-state index in [0.29, 0.717) is 30.0 Å². The largest absolute Gasteiger partial charge is 0.619 e. The molecule has 0 saturated carbocycles. The Bertz CT molecular complexity index is 751. The van der Waals surface area contributed by atoms with Crippen molar-refractivity contribution in [3.63, 3.8) is 0 Å². The van der Waals surface area contributed by atoms with Crippen molar-refractivity contribution in [1.29, 1.82) is 0 Å². The average molecular weight is 310 g/mol. The molecule has 23 heavy (non-hydrogen) atoms. The molecule has 0 bridgehead atoms. The van der Waals surface area contributed by atoms with Crippen molar-refractivity contribution in [2.75, 3.05) is 13.1 Å². The molecule has 0 atom stereocenters. The lowest BCUT2D eigenvalue weighted by atomic mass is 9.83. The maximum Gasteiger partial charge on any atom is 0.259 e. The van der Waals surface area contributed by atoms with Gasteiger partial charge in [0.05, 0.1) is 12.2 Å². The first-order valence-corrected chi connectivity index (χ1v) is 7.88. The van der Waals surface area contributed by atoms with Crippen LogP contribution in [-0.4, -0.2) is 23.9 Å². The van der Waals surface area contributed by atoms with Crippen LogP contribution < -0.4 is 4.73 Å². The number of benzene rings is 1. The minimum absolute atomic E-state index is 0.0867. The number of piperidine rings is 1. The Morgan fingerprint density at radius 2 is 1.96 bits per heavy atom. The standard InChI is InChI=1S/C18H18N2O3/c21-17(14-5-3-9-20(22)12-14)19-10-7-18(8-11-19)16-6-2-1-4-15(16)13-23-18/h1-6,9,12H,7-8,10-11,13H2. The Hall–Kier alpha value is -2.40. The first-order valence-electron chi connectivity index (χ1n) is 7.88. The highest BCUT2D eigenvalue weighted by atomic mass is 16.5. The van der Waals surface area contributed by atoms with Crippen molar-refractivity contribution < 1.29 is 14.3 Å². The fourth-order valence-corrected chi connectivity index (χ4v) is 3.63. The monoisotopic (exact) mass is 310 g/mol. The van der Waals surface area contributed by atoms with Gasteiger partial charge in [-0.1, -0.05) is 24.3 Å². The van der Waals surface area contributed by atoms with Gasteiger partial charge < -0.3 is 14.8 Å². The Morgan fingerprint density at radius 1 is 1.17 bits per heavy atom. The average Bonchev–Trinajstić information content (AvgIpc) is 2.94. The van der Waals surface area contributed by atoms with Crippen molar-refractivity contribution >= 4 is 5.91 Å². The molecule has 1 amide bonds. The van der Waals surface area contributed by atoms with E-state index >= 15 is 0 Å². The number of amides is 1. The van der Waals surface area contributed by atoms with Gasteiger partial charge in [-0.25, -0.2) is 0 Å². The summed E-state index contributed by atoms with van der Waals surface area (Å²) in [5.41, 5.74) is 2.71. The molecule has 1 aromatic heterocycles. The van der Waals surface area contributed by atoms with Crippen LogP contribution in [0.1, 0.15) is 34.3 Å². The molecule has 2 aliphatic rings. The highest BCUT2D eigenvalue weighted by Gasteiger charge is 2.43. The summed E-state index contributed by atoms with van der Waals surface area (Å²) in [6, 6.07) is 11.6. The summed E-state index contributed by atoms with van der Waals surface area (Å²) in [7, 11) is 0. The molecule has 118 valence electrons. The summed E-state index contributed by atoms with van der Waals surface area (Å²) in [5, 5.41) is 11.3. The number of carbonyl (C=O) groups excluding carboxylic acids is 1. The van der Waals surface area contributed by atoms with Crippen LogP contribution in [0.4, 0.5) is 0 Å². The van der Waals surface area contributed by atoms with Gasteiger partial charge in [-0.2, -0.15) is 4.73 Å². The third-order valence-corrected chi connectivity index (χ3v) is 4.89. The third-order valence-electron chi connectivity index (χ3n) is 4.89. The zero-order chi connectivity index (χ0) is 15.9. The van der Waals surface area contributed by atoms with Crippen LogP contribution >= 0.6 is 0 Å². The zero-order valence-electron chi connectivity index (χ0n) is 12.8. The molecule has 0 N–H and O–H groups in total. The van der Waals surface area contributed by atoms with Crippen LogP contribution in [0.5, 0.6) is 0 Å². The van der Waals surface area contributed by atoms with Gasteiger partial charge in [0, 0.05) is 19.2 Å². The van der Waals surface area contributed by atoms with Gasteiger partial charge in [0.2, 0.25) is 0 Å². The Kier molecular flexibility index (Phi) is 3.31. The number of aromatic nitrogens is 1. The first-order chi connectivity index (χ1) is 11.2. The number of nitrogens with zero attached hydrogens (tertiary/aromatic N) is 2. The molecule has 0 unspecified atom stereocenters. The topological polar surface area (TPSA) is 56.5 Å². The van der Waals surface area contributed by atoms with Gasteiger partial charge in [0.25, 0.3) is 5.91 Å². The molecule has 1 aromatic carbocycles. The van der Waals surface area contributed by atoms with E-state index in [-0.39, 0.29) is 11.5 Å². The highest BCUT2D eigenvalue weighted by Crippen LogP contribution is 2.44. The number of pyridine rings is 1. The van der Waals surface area contributed by atoms with E-state index in [2.05, 4.69) is 12.1 Å². The molecule has 5 heteroatoms. The van der Waals surface area contributed by atoms with Gasteiger partial charge >= 0.3 is 0 Å². The Balaban J connectivity index is 1.51. The summed E-state index contributed by atoms with van der Waals surface area (Å²) in [6.45, 7) is 1.93. The van der Waals surface area contributed by atoms with Crippen molar-refractivity contribution in [3.05, 3.63) is 70.7 Å². The minimum Gasteiger partial charge on any atom is -0.619 e. The maximum absolute atomic E-state index is 12.5. The van der Waals surface area contributed by atoms with Crippen molar-refractivity contribution in [2.45, 2.75) is 25.0 Å². The predicted octanol–water partition coefficient (Wildman–Crippen LogP) is 1.98. The van der Waals surface area contributed by atoms with Crippen molar-refractivity contribution in [2.24, 2.45) is 0 Å². The number of ether oxygens (including phenoxy) is 1. The second-order valence-corrected chi connectivity index (χ2v) is 6.18. The SMILES string of the molecule is O=C(c1ccc[n+]([O-])c1)N1CCC2(CC1)OCc1ccccc12. The lowest BCUT2D eigenvalue weighted by Crippen LogP contribution is -2.45. The molecular formula is C18H18N2O3. The molecule has 5 nitrogen and oxygen atoms in total. The predicted molar refractivity (Wildman–Crippen MR) is 83.4 cm³/mol. The van der Waals surface area contributed by atoms with Crippen LogP contribution in [0.3, 0.4) is 0 Å². The normalized spacial score (nSPS) is 18.9. The van der Waals surface area contributed by atoms with Crippen LogP contribution in [0.2, 0.25) is 0 Å². The number of hydrogen-bond donors (Lipinski definition) is 0. The molecule has 3 heterocycles. The maximum atomic E-state index is 12.5. The van der Waals surface area contributed by atoms with Gasteiger partial charge in [-0.15, -0.1) is 0 Å². The number of hydrogen-bond acceptors (Lipinski definition) is 3. The second kappa shape index (κ2) is 5.35. The summed E-state index contributed by atoms with van der Waals surface area (Å²) in [4.78, 5) is 14.3. The minimum atomic E-state index is -0.248. The van der Waals surface area contributed by atoms with E-state index in [9.17, 15) is 10.0 Å². The van der Waals surface area contributed by atoms with E-state index in [1.807, 2.05) is 17.0 Å². The molecule has 4 rings (SSSR count). The third kappa shape index (κ3) is 2.37. The second-order valence-electron chi connectivity index (χ2n) is 6.18. The quantitative estimate of drug-likeness (QED) is 0.598. The zero-order valence-corrected chi connectivity index (χ0v) is 12.8. The van der Waals surface area contributed by atoms with E-state index in [1.165, 1.54) is 23.5 Å². The van der Waals surface area contributed by atoms with Crippen LogP contribution in [0.15, 0.2) is 48.8 Å².